The number of likely N-dealkylation sites (tertiary alicyclic amines) is 1. The molecule has 198 valence electrons. The summed E-state index contributed by atoms with van der Waals surface area (Å²) in [6.45, 7) is 7.73. The van der Waals surface area contributed by atoms with Gasteiger partial charge in [-0.2, -0.15) is 0 Å². The number of rotatable bonds is 4. The predicted octanol–water partition coefficient (Wildman–Crippen LogP) is 2.85. The Balaban J connectivity index is 1.10. The van der Waals surface area contributed by atoms with Gasteiger partial charge in [0.1, 0.15) is 6.04 Å². The average molecular weight is 515 g/mol. The van der Waals surface area contributed by atoms with Crippen LogP contribution in [-0.2, 0) is 26.3 Å². The number of benzene rings is 2. The molecular weight excluding hydrogens is 480 g/mol. The second kappa shape index (κ2) is 8.96. The molecule has 1 unspecified atom stereocenters. The molecule has 1 atom stereocenters. The number of hydrogen-bond donors (Lipinski definition) is 1. The highest BCUT2D eigenvalue weighted by atomic mass is 16.2. The fourth-order valence-electron chi connectivity index (χ4n) is 6.67. The van der Waals surface area contributed by atoms with Gasteiger partial charge in [-0.1, -0.05) is 36.4 Å². The Kier molecular flexibility index (Phi) is 5.81. The minimum atomic E-state index is -0.606. The Morgan fingerprint density at radius 2 is 1.68 bits per heavy atom. The van der Waals surface area contributed by atoms with E-state index in [1.165, 1.54) is 0 Å². The highest BCUT2D eigenvalue weighted by Gasteiger charge is 2.48. The summed E-state index contributed by atoms with van der Waals surface area (Å²) < 4.78 is 0. The normalized spacial score (nSPS) is 22.8. The average Bonchev–Trinajstić information content (AvgIpc) is 3.24. The first-order valence-electron chi connectivity index (χ1n) is 13.5. The smallest absolute Gasteiger partial charge is 0.255 e. The highest BCUT2D eigenvalue weighted by Crippen LogP contribution is 2.45. The number of piperidine rings is 2. The maximum atomic E-state index is 13.4. The molecule has 38 heavy (non-hydrogen) atoms. The summed E-state index contributed by atoms with van der Waals surface area (Å²) in [5, 5.41) is 2.37. The van der Waals surface area contributed by atoms with Gasteiger partial charge in [0, 0.05) is 61.4 Å². The fraction of sp³-hybridized carbons (Fsp3) is 0.467. The van der Waals surface area contributed by atoms with E-state index in [1.54, 1.807) is 4.90 Å². The minimum absolute atomic E-state index is 0.139. The summed E-state index contributed by atoms with van der Waals surface area (Å²) in [7, 11) is 0. The van der Waals surface area contributed by atoms with E-state index in [0.29, 0.717) is 18.5 Å². The molecule has 4 heterocycles. The van der Waals surface area contributed by atoms with Crippen LogP contribution in [0.4, 0.5) is 5.69 Å². The van der Waals surface area contributed by atoms with Crippen LogP contribution in [0.3, 0.4) is 0 Å². The van der Waals surface area contributed by atoms with Crippen molar-refractivity contribution in [1.29, 1.82) is 0 Å². The van der Waals surface area contributed by atoms with Gasteiger partial charge in [-0.25, -0.2) is 0 Å². The SMILES string of the molecule is CC(C)(C(=O)N1CCC2(CC1)CN(c1cccc3c1CN(C1CCC(=O)NC1=O)C3=O)C2)c1ccccc1. The third-order valence-electron chi connectivity index (χ3n) is 9.09. The second-order valence-electron chi connectivity index (χ2n) is 11.8. The molecule has 0 radical (unpaired) electrons. The number of hydrogen-bond acceptors (Lipinski definition) is 5. The van der Waals surface area contributed by atoms with E-state index >= 15 is 0 Å². The van der Waals surface area contributed by atoms with Crippen LogP contribution < -0.4 is 10.2 Å². The van der Waals surface area contributed by atoms with Gasteiger partial charge in [0.15, 0.2) is 0 Å². The number of anilines is 1. The van der Waals surface area contributed by atoms with Crippen LogP contribution in [0.5, 0.6) is 0 Å². The van der Waals surface area contributed by atoms with Crippen molar-refractivity contribution in [1.82, 2.24) is 15.1 Å². The molecule has 0 aromatic heterocycles. The molecule has 4 amide bonds. The molecule has 3 fully saturated rings. The van der Waals surface area contributed by atoms with Crippen LogP contribution in [0, 0.1) is 5.41 Å². The fourth-order valence-corrected chi connectivity index (χ4v) is 6.67. The molecule has 8 nitrogen and oxygen atoms in total. The van der Waals surface area contributed by atoms with E-state index < -0.39 is 11.5 Å². The van der Waals surface area contributed by atoms with Crippen LogP contribution in [0.2, 0.25) is 0 Å². The third-order valence-corrected chi connectivity index (χ3v) is 9.09. The number of nitrogens with one attached hydrogen (secondary N) is 1. The van der Waals surface area contributed by atoms with E-state index in [1.807, 2.05) is 61.2 Å². The lowest BCUT2D eigenvalue weighted by molar-refractivity contribution is -0.139. The first kappa shape index (κ1) is 24.6. The molecule has 2 aromatic carbocycles. The summed E-state index contributed by atoms with van der Waals surface area (Å²) >= 11 is 0. The monoisotopic (exact) mass is 514 g/mol. The summed E-state index contributed by atoms with van der Waals surface area (Å²) in [4.78, 5) is 56.6. The summed E-state index contributed by atoms with van der Waals surface area (Å²) in [6.07, 6.45) is 2.55. The number of amides is 4. The molecule has 4 aliphatic heterocycles. The summed E-state index contributed by atoms with van der Waals surface area (Å²) in [5.41, 5.74) is 3.34. The zero-order valence-corrected chi connectivity index (χ0v) is 22.0. The van der Waals surface area contributed by atoms with Gasteiger partial charge in [-0.15, -0.1) is 0 Å². The Hall–Kier alpha value is -3.68. The lowest BCUT2D eigenvalue weighted by atomic mass is 9.71. The van der Waals surface area contributed by atoms with Crippen molar-refractivity contribution in [3.8, 4) is 0 Å². The van der Waals surface area contributed by atoms with Gasteiger partial charge >= 0.3 is 0 Å². The van der Waals surface area contributed by atoms with Crippen LogP contribution in [0.1, 0.15) is 61.0 Å². The molecule has 1 N–H and O–H groups in total. The van der Waals surface area contributed by atoms with Crippen molar-refractivity contribution < 1.29 is 19.2 Å². The van der Waals surface area contributed by atoms with Crippen molar-refractivity contribution in [3.05, 3.63) is 65.2 Å². The van der Waals surface area contributed by atoms with Gasteiger partial charge in [0.25, 0.3) is 5.91 Å². The van der Waals surface area contributed by atoms with Gasteiger partial charge in [-0.05, 0) is 50.8 Å². The Morgan fingerprint density at radius 1 is 0.974 bits per heavy atom. The number of nitrogens with zero attached hydrogens (tertiary/aromatic N) is 3. The molecule has 6 rings (SSSR count). The Labute approximate surface area is 223 Å². The standard InChI is InChI=1S/C30H34N4O4/c1-29(2,20-7-4-3-5-8-20)28(38)32-15-13-30(14-16-32)18-33(19-30)23-10-6-9-21-22(23)17-34(27(21)37)24-11-12-25(35)31-26(24)36/h3-10,24H,11-19H2,1-2H3,(H,31,35,36). The van der Waals surface area contributed by atoms with Gasteiger partial charge in [-0.3, -0.25) is 24.5 Å². The van der Waals surface area contributed by atoms with Crippen molar-refractivity contribution >= 4 is 29.3 Å². The van der Waals surface area contributed by atoms with Crippen LogP contribution in [-0.4, -0.2) is 65.6 Å². The minimum Gasteiger partial charge on any atom is -0.370 e. The van der Waals surface area contributed by atoms with Crippen molar-refractivity contribution in [3.63, 3.8) is 0 Å². The molecule has 8 heteroatoms. The Morgan fingerprint density at radius 3 is 2.37 bits per heavy atom. The maximum Gasteiger partial charge on any atom is 0.255 e. The van der Waals surface area contributed by atoms with Crippen molar-refractivity contribution in [2.24, 2.45) is 5.41 Å². The second-order valence-corrected chi connectivity index (χ2v) is 11.8. The first-order chi connectivity index (χ1) is 18.2. The van der Waals surface area contributed by atoms with Crippen molar-refractivity contribution in [2.75, 3.05) is 31.1 Å². The van der Waals surface area contributed by atoms with Crippen molar-refractivity contribution in [2.45, 2.75) is 57.5 Å². The van der Waals surface area contributed by atoms with E-state index in [9.17, 15) is 19.2 Å². The topological polar surface area (TPSA) is 90.0 Å². The van der Waals surface area contributed by atoms with Crippen LogP contribution >= 0.6 is 0 Å². The summed E-state index contributed by atoms with van der Waals surface area (Å²) in [5.74, 6) is -0.621. The number of carbonyl (C=O) groups is 4. The largest absolute Gasteiger partial charge is 0.370 e. The van der Waals surface area contributed by atoms with E-state index in [-0.39, 0.29) is 35.5 Å². The molecule has 1 spiro atoms. The molecule has 4 aliphatic rings. The van der Waals surface area contributed by atoms with E-state index in [4.69, 9.17) is 0 Å². The molecule has 0 aliphatic carbocycles. The van der Waals surface area contributed by atoms with Gasteiger partial charge in [0.2, 0.25) is 17.7 Å². The molecule has 3 saturated heterocycles. The predicted molar refractivity (Wildman–Crippen MR) is 142 cm³/mol. The van der Waals surface area contributed by atoms with Gasteiger partial charge < -0.3 is 14.7 Å². The van der Waals surface area contributed by atoms with E-state index in [0.717, 1.165) is 55.8 Å². The quantitative estimate of drug-likeness (QED) is 0.634. The number of imide groups is 1. The Bertz CT molecular complexity index is 1300. The van der Waals surface area contributed by atoms with E-state index in [2.05, 4.69) is 16.3 Å². The highest BCUT2D eigenvalue weighted by molar-refractivity contribution is 6.06. The number of carbonyl (C=O) groups excluding carboxylic acids is 4. The summed E-state index contributed by atoms with van der Waals surface area (Å²) in [6, 6.07) is 15.2. The molecule has 2 aromatic rings. The number of fused-ring (bicyclic) bond motifs is 1. The lowest BCUT2D eigenvalue weighted by Gasteiger charge is -2.55. The van der Waals surface area contributed by atoms with Crippen LogP contribution in [0.25, 0.3) is 0 Å². The first-order valence-corrected chi connectivity index (χ1v) is 13.5. The van der Waals surface area contributed by atoms with Crippen LogP contribution in [0.15, 0.2) is 48.5 Å². The third kappa shape index (κ3) is 3.97. The maximum absolute atomic E-state index is 13.4. The van der Waals surface area contributed by atoms with Gasteiger partial charge in [0.05, 0.1) is 5.41 Å². The molecular formula is C30H34N4O4. The lowest BCUT2D eigenvalue weighted by Crippen LogP contribution is -2.62. The molecule has 0 bridgehead atoms. The molecule has 0 saturated carbocycles. The zero-order chi connectivity index (χ0) is 26.7. The zero-order valence-electron chi connectivity index (χ0n) is 22.0.